The Morgan fingerprint density at radius 3 is 2.46 bits per heavy atom. The molecule has 0 fully saturated rings. The van der Waals surface area contributed by atoms with E-state index in [2.05, 4.69) is 10.8 Å². The molecular weight excluding hydrogens is 188 g/mol. The molecule has 13 heavy (non-hydrogen) atoms. The van der Waals surface area contributed by atoms with E-state index in [4.69, 9.17) is 0 Å². The van der Waals surface area contributed by atoms with Crippen LogP contribution in [0, 0.1) is 6.07 Å². The van der Waals surface area contributed by atoms with Gasteiger partial charge in [0.25, 0.3) is 0 Å². The molecule has 1 unspecified atom stereocenters. The van der Waals surface area contributed by atoms with E-state index in [0.29, 0.717) is 0 Å². The second-order valence-electron chi connectivity index (χ2n) is 2.20. The van der Waals surface area contributed by atoms with Gasteiger partial charge in [0.15, 0.2) is 0 Å². The van der Waals surface area contributed by atoms with Crippen molar-refractivity contribution in [3.05, 3.63) is 30.3 Å². The Labute approximate surface area is 71.9 Å². The Hall–Kier alpha value is -1.26. The molecule has 0 spiro atoms. The van der Waals surface area contributed by atoms with E-state index in [-0.39, 0.29) is 5.75 Å². The molecule has 0 aliphatic heterocycles. The lowest BCUT2D eigenvalue weighted by atomic mass is 10.3. The highest BCUT2D eigenvalue weighted by atomic mass is 19.4. The summed E-state index contributed by atoms with van der Waals surface area (Å²) < 4.78 is 51.0. The summed E-state index contributed by atoms with van der Waals surface area (Å²) in [4.78, 5) is 0. The third-order valence-electron chi connectivity index (χ3n) is 1.17. The first kappa shape index (κ1) is 9.83. The van der Waals surface area contributed by atoms with Gasteiger partial charge in [-0.25, -0.2) is 0 Å². The van der Waals surface area contributed by atoms with Crippen molar-refractivity contribution in [2.75, 3.05) is 0 Å². The van der Waals surface area contributed by atoms with Gasteiger partial charge >= 0.3 is 12.5 Å². The zero-order valence-electron chi connectivity index (χ0n) is 6.31. The smallest absolute Gasteiger partial charge is 0.451 e. The predicted octanol–water partition coefficient (Wildman–Crippen LogP) is 2.72. The first-order chi connectivity index (χ1) is 6.00. The van der Waals surface area contributed by atoms with E-state index in [1.165, 1.54) is 24.3 Å². The SMILES string of the molecule is FC(Oc1[c]cccc1)C(F)(F)F. The number of para-hydroxylation sites is 1. The summed E-state index contributed by atoms with van der Waals surface area (Å²) in [6.07, 6.45) is -8.30. The molecule has 1 nitrogen and oxygen atoms in total. The van der Waals surface area contributed by atoms with Crippen molar-refractivity contribution in [2.45, 2.75) is 12.5 Å². The van der Waals surface area contributed by atoms with Crippen LogP contribution < -0.4 is 4.74 Å². The monoisotopic (exact) mass is 193 g/mol. The van der Waals surface area contributed by atoms with Crippen LogP contribution in [-0.4, -0.2) is 12.5 Å². The number of hydrogen-bond acceptors (Lipinski definition) is 1. The van der Waals surface area contributed by atoms with Crippen LogP contribution in [0.15, 0.2) is 24.3 Å². The Kier molecular flexibility index (Phi) is 2.75. The summed E-state index contributed by atoms with van der Waals surface area (Å²) in [5.41, 5.74) is 0. The van der Waals surface area contributed by atoms with E-state index in [1.807, 2.05) is 0 Å². The largest absolute Gasteiger partial charge is 0.457 e. The van der Waals surface area contributed by atoms with Gasteiger partial charge in [-0.3, -0.25) is 0 Å². The molecule has 0 N–H and O–H groups in total. The lowest BCUT2D eigenvalue weighted by molar-refractivity contribution is -0.236. The highest BCUT2D eigenvalue weighted by Gasteiger charge is 2.42. The Morgan fingerprint density at radius 1 is 1.31 bits per heavy atom. The average molecular weight is 193 g/mol. The number of ether oxygens (including phenoxy) is 1. The molecule has 1 aromatic rings. The molecule has 71 valence electrons. The first-order valence-corrected chi connectivity index (χ1v) is 3.34. The number of halogens is 4. The number of rotatable bonds is 2. The van der Waals surface area contributed by atoms with Crippen molar-refractivity contribution >= 4 is 0 Å². The third-order valence-corrected chi connectivity index (χ3v) is 1.17. The number of alkyl halides is 4. The summed E-state index contributed by atoms with van der Waals surface area (Å²) in [6.45, 7) is 0. The van der Waals surface area contributed by atoms with Crippen LogP contribution in [0.5, 0.6) is 5.75 Å². The van der Waals surface area contributed by atoms with Gasteiger partial charge < -0.3 is 4.74 Å². The molecule has 1 atom stereocenters. The summed E-state index contributed by atoms with van der Waals surface area (Å²) in [5, 5.41) is 0. The average Bonchev–Trinajstić information content (AvgIpc) is 2.04. The maximum Gasteiger partial charge on any atom is 0.457 e. The second kappa shape index (κ2) is 3.64. The van der Waals surface area contributed by atoms with E-state index < -0.39 is 12.5 Å². The van der Waals surface area contributed by atoms with Crippen LogP contribution >= 0.6 is 0 Å². The molecule has 0 bridgehead atoms. The lowest BCUT2D eigenvalue weighted by Crippen LogP contribution is -2.29. The van der Waals surface area contributed by atoms with E-state index >= 15 is 0 Å². The molecule has 0 aromatic heterocycles. The van der Waals surface area contributed by atoms with Gasteiger partial charge in [0.2, 0.25) is 0 Å². The van der Waals surface area contributed by atoms with Gasteiger partial charge in [-0.1, -0.05) is 18.2 Å². The van der Waals surface area contributed by atoms with Crippen molar-refractivity contribution < 1.29 is 22.3 Å². The second-order valence-corrected chi connectivity index (χ2v) is 2.20. The van der Waals surface area contributed by atoms with Crippen molar-refractivity contribution in [1.82, 2.24) is 0 Å². The highest BCUT2D eigenvalue weighted by molar-refractivity contribution is 5.19. The Bertz CT molecular complexity index is 257. The van der Waals surface area contributed by atoms with Crippen molar-refractivity contribution in [2.24, 2.45) is 0 Å². The maximum atomic E-state index is 12.2. The molecule has 0 saturated carbocycles. The molecule has 5 heteroatoms. The maximum absolute atomic E-state index is 12.2. The highest BCUT2D eigenvalue weighted by Crippen LogP contribution is 2.25. The van der Waals surface area contributed by atoms with Gasteiger partial charge in [0.05, 0.1) is 0 Å². The van der Waals surface area contributed by atoms with Gasteiger partial charge in [0.1, 0.15) is 5.75 Å². The van der Waals surface area contributed by atoms with Gasteiger partial charge in [-0.15, -0.1) is 0 Å². The summed E-state index contributed by atoms with van der Waals surface area (Å²) in [5.74, 6) is -0.271. The van der Waals surface area contributed by atoms with Crippen molar-refractivity contribution in [3.63, 3.8) is 0 Å². The van der Waals surface area contributed by atoms with Crippen molar-refractivity contribution in [1.29, 1.82) is 0 Å². The van der Waals surface area contributed by atoms with Crippen LogP contribution in [-0.2, 0) is 0 Å². The molecule has 0 amide bonds. The quantitative estimate of drug-likeness (QED) is 0.656. The minimum absolute atomic E-state index is 0.271. The molecule has 1 aromatic carbocycles. The standard InChI is InChI=1S/C8H5F4O/c9-7(8(10,11)12)13-6-4-2-1-3-5-6/h1-4,7H. The molecule has 1 rings (SSSR count). The fourth-order valence-corrected chi connectivity index (χ4v) is 0.628. The minimum Gasteiger partial charge on any atom is -0.451 e. The molecule has 0 aliphatic rings. The van der Waals surface area contributed by atoms with Crippen molar-refractivity contribution in [3.8, 4) is 5.75 Å². The Morgan fingerprint density at radius 2 is 2.00 bits per heavy atom. The summed E-state index contributed by atoms with van der Waals surface area (Å²) >= 11 is 0. The summed E-state index contributed by atoms with van der Waals surface area (Å²) in [6, 6.07) is 7.79. The topological polar surface area (TPSA) is 9.23 Å². The number of benzene rings is 1. The van der Waals surface area contributed by atoms with Crippen LogP contribution in [0.1, 0.15) is 0 Å². The lowest BCUT2D eigenvalue weighted by Gasteiger charge is -2.13. The summed E-state index contributed by atoms with van der Waals surface area (Å²) in [7, 11) is 0. The normalized spacial score (nSPS) is 13.8. The first-order valence-electron chi connectivity index (χ1n) is 3.34. The van der Waals surface area contributed by atoms with Gasteiger partial charge in [-0.05, 0) is 6.07 Å². The van der Waals surface area contributed by atoms with Gasteiger partial charge in [-0.2, -0.15) is 17.6 Å². The predicted molar refractivity (Wildman–Crippen MR) is 36.9 cm³/mol. The van der Waals surface area contributed by atoms with E-state index in [1.54, 1.807) is 0 Å². The third kappa shape index (κ3) is 2.93. The minimum atomic E-state index is -5.00. The number of hydrogen-bond donors (Lipinski definition) is 0. The molecular formula is C8H5F4O. The Balaban J connectivity index is 2.61. The fourth-order valence-electron chi connectivity index (χ4n) is 0.628. The molecule has 0 saturated heterocycles. The van der Waals surface area contributed by atoms with E-state index in [9.17, 15) is 17.6 Å². The van der Waals surface area contributed by atoms with Crippen LogP contribution in [0.25, 0.3) is 0 Å². The fraction of sp³-hybridized carbons (Fsp3) is 0.250. The van der Waals surface area contributed by atoms with Crippen LogP contribution in [0.2, 0.25) is 0 Å². The molecule has 1 radical (unpaired) electrons. The molecule has 0 aliphatic carbocycles. The zero-order valence-corrected chi connectivity index (χ0v) is 6.31. The van der Waals surface area contributed by atoms with Crippen LogP contribution in [0.3, 0.4) is 0 Å². The zero-order chi connectivity index (χ0) is 9.90. The van der Waals surface area contributed by atoms with Gasteiger partial charge in [0, 0.05) is 6.07 Å². The van der Waals surface area contributed by atoms with Crippen LogP contribution in [0.4, 0.5) is 17.6 Å². The van der Waals surface area contributed by atoms with E-state index in [0.717, 1.165) is 0 Å². The molecule has 0 heterocycles.